The molecule has 0 rings (SSSR count). The number of rotatable bonds is 57. The highest BCUT2D eigenvalue weighted by atomic mass is 16.6. The van der Waals surface area contributed by atoms with E-state index in [0.717, 1.165) is 154 Å². The van der Waals surface area contributed by atoms with E-state index in [1.54, 1.807) is 0 Å². The van der Waals surface area contributed by atoms with E-state index in [1.165, 1.54) is 57.8 Å². The van der Waals surface area contributed by atoms with Gasteiger partial charge in [-0.15, -0.1) is 0 Å². The van der Waals surface area contributed by atoms with Crippen molar-refractivity contribution in [3.63, 3.8) is 0 Å². The number of allylic oxidation sites excluding steroid dienone is 30. The summed E-state index contributed by atoms with van der Waals surface area (Å²) >= 11 is 0. The molecule has 0 saturated heterocycles. The van der Waals surface area contributed by atoms with Gasteiger partial charge in [0.05, 0.1) is 0 Å². The van der Waals surface area contributed by atoms with Gasteiger partial charge in [0.15, 0.2) is 6.10 Å². The first-order valence-electron chi connectivity index (χ1n) is 32.8. The summed E-state index contributed by atoms with van der Waals surface area (Å²) in [7, 11) is 0. The number of ether oxygens (including phenoxy) is 3. The molecule has 458 valence electrons. The number of unbranched alkanes of at least 4 members (excludes halogenated alkanes) is 16. The second-order valence-electron chi connectivity index (χ2n) is 20.9. The summed E-state index contributed by atoms with van der Waals surface area (Å²) in [5.74, 6) is -1.05. The van der Waals surface area contributed by atoms with E-state index >= 15 is 0 Å². The van der Waals surface area contributed by atoms with Crippen molar-refractivity contribution in [1.82, 2.24) is 0 Å². The second kappa shape index (κ2) is 68.0. The lowest BCUT2D eigenvalue weighted by Crippen LogP contribution is -2.30. The van der Waals surface area contributed by atoms with Crippen LogP contribution in [0.4, 0.5) is 0 Å². The molecule has 0 fully saturated rings. The first-order chi connectivity index (χ1) is 40.5. The van der Waals surface area contributed by atoms with Crippen LogP contribution in [0, 0.1) is 0 Å². The third kappa shape index (κ3) is 65.3. The van der Waals surface area contributed by atoms with Gasteiger partial charge in [0.1, 0.15) is 13.2 Å². The van der Waals surface area contributed by atoms with Crippen molar-refractivity contribution in [2.24, 2.45) is 0 Å². The maximum Gasteiger partial charge on any atom is 0.306 e. The minimum absolute atomic E-state index is 0.129. The molecule has 0 aromatic carbocycles. The average Bonchev–Trinajstić information content (AvgIpc) is 3.47. The minimum Gasteiger partial charge on any atom is -0.462 e. The number of carbonyl (C=O) groups excluding carboxylic acids is 3. The van der Waals surface area contributed by atoms with Crippen molar-refractivity contribution in [2.45, 2.75) is 264 Å². The first-order valence-corrected chi connectivity index (χ1v) is 32.8. The summed E-state index contributed by atoms with van der Waals surface area (Å²) < 4.78 is 16.8. The summed E-state index contributed by atoms with van der Waals surface area (Å²) in [6, 6.07) is 0. The Labute approximate surface area is 504 Å². The topological polar surface area (TPSA) is 78.9 Å². The minimum atomic E-state index is -0.845. The normalized spacial score (nSPS) is 13.4. The fourth-order valence-corrected chi connectivity index (χ4v) is 8.30. The number of hydrogen-bond acceptors (Lipinski definition) is 6. The average molecular weight is 1130 g/mol. The molecular formula is C76H118O6. The third-order valence-corrected chi connectivity index (χ3v) is 13.1. The quantitative estimate of drug-likeness (QED) is 0.0261. The molecule has 6 heteroatoms. The molecule has 0 radical (unpaired) electrons. The van der Waals surface area contributed by atoms with Crippen LogP contribution in [0.3, 0.4) is 0 Å². The number of esters is 3. The van der Waals surface area contributed by atoms with Gasteiger partial charge in [0.2, 0.25) is 0 Å². The van der Waals surface area contributed by atoms with Crippen LogP contribution in [0.25, 0.3) is 0 Å². The lowest BCUT2D eigenvalue weighted by molar-refractivity contribution is -0.166. The highest BCUT2D eigenvalue weighted by molar-refractivity contribution is 5.71. The van der Waals surface area contributed by atoms with E-state index in [0.29, 0.717) is 19.3 Å². The monoisotopic (exact) mass is 1130 g/mol. The molecule has 0 heterocycles. The Kier molecular flexibility index (Phi) is 63.5. The smallest absolute Gasteiger partial charge is 0.306 e. The largest absolute Gasteiger partial charge is 0.462 e. The predicted molar refractivity (Wildman–Crippen MR) is 357 cm³/mol. The van der Waals surface area contributed by atoms with E-state index in [9.17, 15) is 14.4 Å². The van der Waals surface area contributed by atoms with Crippen molar-refractivity contribution in [2.75, 3.05) is 13.2 Å². The van der Waals surface area contributed by atoms with Gasteiger partial charge in [-0.25, -0.2) is 0 Å². The van der Waals surface area contributed by atoms with E-state index in [4.69, 9.17) is 14.2 Å². The van der Waals surface area contributed by atoms with Crippen molar-refractivity contribution in [3.05, 3.63) is 182 Å². The van der Waals surface area contributed by atoms with E-state index in [2.05, 4.69) is 191 Å². The van der Waals surface area contributed by atoms with Crippen LogP contribution < -0.4 is 0 Å². The van der Waals surface area contributed by atoms with E-state index < -0.39 is 12.1 Å². The molecule has 0 aromatic rings. The fourth-order valence-electron chi connectivity index (χ4n) is 8.30. The molecule has 0 N–H and O–H groups in total. The Hall–Kier alpha value is -5.49. The lowest BCUT2D eigenvalue weighted by atomic mass is 10.1. The molecule has 0 aliphatic carbocycles. The zero-order valence-electron chi connectivity index (χ0n) is 52.4. The molecule has 6 nitrogen and oxygen atoms in total. The van der Waals surface area contributed by atoms with Crippen molar-refractivity contribution < 1.29 is 28.6 Å². The Morgan fingerprint density at radius 3 is 0.805 bits per heavy atom. The Morgan fingerprint density at radius 2 is 0.500 bits per heavy atom. The van der Waals surface area contributed by atoms with Gasteiger partial charge in [-0.2, -0.15) is 0 Å². The molecule has 0 aromatic heterocycles. The van der Waals surface area contributed by atoms with Crippen LogP contribution in [0.1, 0.15) is 258 Å². The second-order valence-corrected chi connectivity index (χ2v) is 20.9. The van der Waals surface area contributed by atoms with Crippen LogP contribution in [0.2, 0.25) is 0 Å². The first kappa shape index (κ1) is 76.5. The molecule has 0 bridgehead atoms. The summed E-state index contributed by atoms with van der Waals surface area (Å²) in [5.41, 5.74) is 0. The number of carbonyl (C=O) groups is 3. The Balaban J connectivity index is 4.54. The van der Waals surface area contributed by atoms with Crippen molar-refractivity contribution >= 4 is 17.9 Å². The fraction of sp³-hybridized carbons (Fsp3) is 0.566. The van der Waals surface area contributed by atoms with Gasteiger partial charge in [-0.3, -0.25) is 14.4 Å². The van der Waals surface area contributed by atoms with Gasteiger partial charge < -0.3 is 14.2 Å². The molecule has 0 spiro atoms. The SMILES string of the molecule is CC/C=C\C/C=C\C/C=C\C/C=C\C/C=C\C/C=C\C/C=C\C/C=C\CCCCCCC(=O)OCC(COC(=O)CCCCCCC/C=C\CCCCCCCCC)OC(=O)CC/C=C\C/C=C\C/C=C\C/C=C\C/C=C\C/C=C\CC. The summed E-state index contributed by atoms with van der Waals surface area (Å²) in [4.78, 5) is 38.3. The molecule has 1 atom stereocenters. The highest BCUT2D eigenvalue weighted by Crippen LogP contribution is 2.13. The predicted octanol–water partition coefficient (Wildman–Crippen LogP) is 22.8. The summed E-state index contributed by atoms with van der Waals surface area (Å²) in [6.07, 6.45) is 102. The van der Waals surface area contributed by atoms with E-state index in [1.807, 2.05) is 12.2 Å². The molecule has 0 aliphatic heterocycles. The maximum atomic E-state index is 12.9. The van der Waals surface area contributed by atoms with Crippen molar-refractivity contribution in [3.8, 4) is 0 Å². The zero-order valence-corrected chi connectivity index (χ0v) is 52.4. The van der Waals surface area contributed by atoms with Crippen LogP contribution in [-0.4, -0.2) is 37.2 Å². The molecule has 82 heavy (non-hydrogen) atoms. The van der Waals surface area contributed by atoms with Gasteiger partial charge in [0, 0.05) is 19.3 Å². The maximum absolute atomic E-state index is 12.9. The Morgan fingerprint density at radius 1 is 0.256 bits per heavy atom. The van der Waals surface area contributed by atoms with Gasteiger partial charge >= 0.3 is 17.9 Å². The Bertz CT molecular complexity index is 1920. The standard InChI is InChI=1S/C76H118O6/c1-4-7-10-13-16-19-22-25-28-31-33-34-35-36-37-38-39-40-41-42-44-45-48-51-54-57-60-63-66-69-75(78)81-72-73(71-80-74(77)68-65-62-59-56-53-50-47-30-27-24-21-18-15-12-9-6-3)82-76(79)70-67-64-61-58-55-52-49-46-43-32-29-26-23-20-17-14-11-8-5-2/h7-8,10-11,16-17,19-20,25-26,28-30,33-34,36-37,39-40,42-44,46-48,51-52,55,61,64,73H,4-6,9,12-15,18,21-24,27,31-32,35,38,41,45,49-50,53-54,56-60,62-63,65-72H2,1-3H3/b10-7-,11-8-,19-16-,20-17-,28-25-,29-26-,34-33-,37-36-,40-39-,44-42-,46-43-,47-30-,51-48-,55-52-,64-61-. The van der Waals surface area contributed by atoms with Gasteiger partial charge in [-0.1, -0.05) is 274 Å². The van der Waals surface area contributed by atoms with Crippen LogP contribution in [0.15, 0.2) is 182 Å². The van der Waals surface area contributed by atoms with Crippen LogP contribution >= 0.6 is 0 Å². The van der Waals surface area contributed by atoms with Crippen LogP contribution in [-0.2, 0) is 28.6 Å². The lowest BCUT2D eigenvalue weighted by Gasteiger charge is -2.18. The van der Waals surface area contributed by atoms with Crippen LogP contribution in [0.5, 0.6) is 0 Å². The van der Waals surface area contributed by atoms with Gasteiger partial charge in [-0.05, 0) is 148 Å². The van der Waals surface area contributed by atoms with E-state index in [-0.39, 0.29) is 31.6 Å². The van der Waals surface area contributed by atoms with Crippen molar-refractivity contribution in [1.29, 1.82) is 0 Å². The molecule has 0 aliphatic rings. The molecule has 0 amide bonds. The third-order valence-electron chi connectivity index (χ3n) is 13.1. The molecular weight excluding hydrogens is 1010 g/mol. The summed E-state index contributed by atoms with van der Waals surface area (Å²) in [6.45, 7) is 6.31. The summed E-state index contributed by atoms with van der Waals surface area (Å²) in [5, 5.41) is 0. The molecule has 0 saturated carbocycles. The highest BCUT2D eigenvalue weighted by Gasteiger charge is 2.19. The van der Waals surface area contributed by atoms with Gasteiger partial charge in [0.25, 0.3) is 0 Å². The molecule has 1 unspecified atom stereocenters. The zero-order chi connectivity index (χ0) is 59.2. The number of hydrogen-bond donors (Lipinski definition) is 0.